The second-order valence-corrected chi connectivity index (χ2v) is 4.49. The largest absolute Gasteiger partial charge is 0.466 e. The molecular weight excluding hydrogens is 254 g/mol. The molecule has 0 amide bonds. The zero-order valence-corrected chi connectivity index (χ0v) is 11.6. The van der Waals surface area contributed by atoms with Gasteiger partial charge in [0.05, 0.1) is 35.9 Å². The topological polar surface area (TPSA) is 75.0 Å². The van der Waals surface area contributed by atoms with E-state index in [1.807, 2.05) is 13.0 Å². The number of aromatic nitrogens is 1. The van der Waals surface area contributed by atoms with E-state index in [0.717, 1.165) is 5.70 Å². The number of hydrogen-bond acceptors (Lipinski definition) is 5. The van der Waals surface area contributed by atoms with Gasteiger partial charge in [-0.1, -0.05) is 6.07 Å². The molecule has 0 bridgehead atoms. The molecule has 1 atom stereocenters. The van der Waals surface area contributed by atoms with Crippen molar-refractivity contribution in [1.29, 1.82) is 5.26 Å². The lowest BCUT2D eigenvalue weighted by Crippen LogP contribution is -2.28. The van der Waals surface area contributed by atoms with Crippen LogP contribution in [0.2, 0.25) is 0 Å². The first-order valence-corrected chi connectivity index (χ1v) is 6.18. The molecule has 0 aliphatic carbocycles. The van der Waals surface area contributed by atoms with Crippen LogP contribution in [-0.4, -0.2) is 18.1 Å². The van der Waals surface area contributed by atoms with Crippen LogP contribution in [0.15, 0.2) is 46.9 Å². The standard InChI is InChI=1S/C15H15N3O2/c1-9-11(8-16)14(12-6-4-5-7-17-12)13(10(2)18-9)15(19)20-3/h4-7,14,18H,1-3H3. The van der Waals surface area contributed by atoms with E-state index in [1.54, 1.807) is 25.3 Å². The predicted molar refractivity (Wildman–Crippen MR) is 73.1 cm³/mol. The molecule has 0 radical (unpaired) electrons. The number of nitrogens with zero attached hydrogens (tertiary/aromatic N) is 2. The first-order valence-electron chi connectivity index (χ1n) is 6.18. The van der Waals surface area contributed by atoms with Crippen molar-refractivity contribution in [2.45, 2.75) is 19.8 Å². The van der Waals surface area contributed by atoms with Gasteiger partial charge in [-0.3, -0.25) is 4.98 Å². The van der Waals surface area contributed by atoms with Crippen LogP contribution >= 0.6 is 0 Å². The van der Waals surface area contributed by atoms with E-state index >= 15 is 0 Å². The van der Waals surface area contributed by atoms with E-state index in [9.17, 15) is 10.1 Å². The second-order valence-electron chi connectivity index (χ2n) is 4.49. The molecule has 5 nitrogen and oxygen atoms in total. The number of carbonyl (C=O) groups excluding carboxylic acids is 1. The summed E-state index contributed by atoms with van der Waals surface area (Å²) >= 11 is 0. The summed E-state index contributed by atoms with van der Waals surface area (Å²) in [7, 11) is 1.33. The number of ether oxygens (including phenoxy) is 1. The lowest BCUT2D eigenvalue weighted by Gasteiger charge is -2.27. The van der Waals surface area contributed by atoms with Crippen LogP contribution in [-0.2, 0) is 9.53 Å². The number of hydrogen-bond donors (Lipinski definition) is 1. The molecular formula is C15H15N3O2. The van der Waals surface area contributed by atoms with Gasteiger partial charge in [-0.15, -0.1) is 0 Å². The summed E-state index contributed by atoms with van der Waals surface area (Å²) in [4.78, 5) is 16.3. The van der Waals surface area contributed by atoms with Crippen molar-refractivity contribution in [3.05, 3.63) is 52.6 Å². The van der Waals surface area contributed by atoms with Gasteiger partial charge in [0.15, 0.2) is 0 Å². The number of pyridine rings is 1. The Labute approximate surface area is 117 Å². The molecule has 1 aliphatic heterocycles. The maximum absolute atomic E-state index is 12.0. The number of rotatable bonds is 2. The van der Waals surface area contributed by atoms with Crippen molar-refractivity contribution in [3.8, 4) is 6.07 Å². The average molecular weight is 269 g/mol. The zero-order chi connectivity index (χ0) is 14.7. The highest BCUT2D eigenvalue weighted by Gasteiger charge is 2.34. The molecule has 2 rings (SSSR count). The maximum atomic E-state index is 12.0. The van der Waals surface area contributed by atoms with Crippen LogP contribution in [0, 0.1) is 11.3 Å². The Morgan fingerprint density at radius 1 is 1.40 bits per heavy atom. The summed E-state index contributed by atoms with van der Waals surface area (Å²) in [5.41, 5.74) is 2.98. The van der Waals surface area contributed by atoms with Crippen molar-refractivity contribution in [1.82, 2.24) is 10.3 Å². The van der Waals surface area contributed by atoms with E-state index in [1.165, 1.54) is 7.11 Å². The number of allylic oxidation sites excluding steroid dienone is 3. The summed E-state index contributed by atoms with van der Waals surface area (Å²) in [6, 6.07) is 7.59. The Morgan fingerprint density at radius 2 is 2.15 bits per heavy atom. The van der Waals surface area contributed by atoms with E-state index < -0.39 is 11.9 Å². The third kappa shape index (κ3) is 2.28. The molecule has 0 fully saturated rings. The maximum Gasteiger partial charge on any atom is 0.336 e. The Hall–Kier alpha value is -2.61. The first kappa shape index (κ1) is 13.8. The van der Waals surface area contributed by atoms with Gasteiger partial charge in [0, 0.05) is 17.6 Å². The SMILES string of the molecule is COC(=O)C1=C(C)NC(C)=C(C#N)C1c1ccccn1. The second kappa shape index (κ2) is 5.57. The van der Waals surface area contributed by atoms with Gasteiger partial charge in [-0.2, -0.15) is 5.26 Å². The molecule has 102 valence electrons. The van der Waals surface area contributed by atoms with E-state index in [0.29, 0.717) is 22.5 Å². The lowest BCUT2D eigenvalue weighted by molar-refractivity contribution is -0.136. The Bertz CT molecular complexity index is 639. The van der Waals surface area contributed by atoms with Gasteiger partial charge in [-0.25, -0.2) is 4.79 Å². The highest BCUT2D eigenvalue weighted by atomic mass is 16.5. The molecule has 1 unspecified atom stereocenters. The van der Waals surface area contributed by atoms with Crippen molar-refractivity contribution >= 4 is 5.97 Å². The van der Waals surface area contributed by atoms with Crippen molar-refractivity contribution < 1.29 is 9.53 Å². The van der Waals surface area contributed by atoms with Gasteiger partial charge in [0.2, 0.25) is 0 Å². The quantitative estimate of drug-likeness (QED) is 0.831. The molecule has 20 heavy (non-hydrogen) atoms. The molecule has 1 aromatic rings. The first-order chi connectivity index (χ1) is 9.60. The van der Waals surface area contributed by atoms with Crippen LogP contribution in [0.25, 0.3) is 0 Å². The van der Waals surface area contributed by atoms with Crippen LogP contribution in [0.3, 0.4) is 0 Å². The summed E-state index contributed by atoms with van der Waals surface area (Å²) in [5.74, 6) is -0.944. The van der Waals surface area contributed by atoms with E-state index in [2.05, 4.69) is 16.4 Å². The molecule has 0 saturated heterocycles. The number of carbonyl (C=O) groups is 1. The summed E-state index contributed by atoms with van der Waals surface area (Å²) in [6.45, 7) is 3.60. The summed E-state index contributed by atoms with van der Waals surface area (Å²) in [6.07, 6.45) is 1.64. The van der Waals surface area contributed by atoms with Crippen LogP contribution in [0.5, 0.6) is 0 Å². The van der Waals surface area contributed by atoms with Crippen LogP contribution in [0.1, 0.15) is 25.5 Å². The molecule has 1 N–H and O–H groups in total. The minimum absolute atomic E-state index is 0.424. The predicted octanol–water partition coefficient (Wildman–Crippen LogP) is 2.01. The molecule has 0 saturated carbocycles. The van der Waals surface area contributed by atoms with Gasteiger partial charge in [-0.05, 0) is 26.0 Å². The smallest absolute Gasteiger partial charge is 0.336 e. The molecule has 5 heteroatoms. The molecule has 0 spiro atoms. The fraction of sp³-hybridized carbons (Fsp3) is 0.267. The fourth-order valence-electron chi connectivity index (χ4n) is 2.37. The monoisotopic (exact) mass is 269 g/mol. The minimum Gasteiger partial charge on any atom is -0.466 e. The van der Waals surface area contributed by atoms with Crippen LogP contribution in [0.4, 0.5) is 0 Å². The van der Waals surface area contributed by atoms with Gasteiger partial charge in [0.1, 0.15) is 0 Å². The third-order valence-corrected chi connectivity index (χ3v) is 3.27. The summed E-state index contributed by atoms with van der Waals surface area (Å²) < 4.78 is 4.84. The van der Waals surface area contributed by atoms with E-state index in [-0.39, 0.29) is 0 Å². The normalized spacial score (nSPS) is 18.4. The lowest BCUT2D eigenvalue weighted by atomic mass is 9.83. The Balaban J connectivity index is 2.63. The number of esters is 1. The van der Waals surface area contributed by atoms with Crippen molar-refractivity contribution in [2.24, 2.45) is 0 Å². The fourth-order valence-corrected chi connectivity index (χ4v) is 2.37. The number of nitriles is 1. The molecule has 1 aliphatic rings. The number of nitrogens with one attached hydrogen (secondary N) is 1. The number of dihydropyridines is 1. The molecule has 1 aromatic heterocycles. The molecule has 2 heterocycles. The molecule has 0 aromatic carbocycles. The highest BCUT2D eigenvalue weighted by Crippen LogP contribution is 2.36. The van der Waals surface area contributed by atoms with Gasteiger partial charge >= 0.3 is 5.97 Å². The van der Waals surface area contributed by atoms with Gasteiger partial charge in [0.25, 0.3) is 0 Å². The van der Waals surface area contributed by atoms with Gasteiger partial charge < -0.3 is 10.1 Å². The zero-order valence-electron chi connectivity index (χ0n) is 11.6. The Kier molecular flexibility index (Phi) is 3.85. The summed E-state index contributed by atoms with van der Waals surface area (Å²) in [5, 5.41) is 12.5. The van der Waals surface area contributed by atoms with Crippen molar-refractivity contribution in [2.75, 3.05) is 7.11 Å². The third-order valence-electron chi connectivity index (χ3n) is 3.27. The average Bonchev–Trinajstić information content (AvgIpc) is 2.46. The number of methoxy groups -OCH3 is 1. The minimum atomic E-state index is -0.491. The van der Waals surface area contributed by atoms with Crippen LogP contribution < -0.4 is 5.32 Å². The van der Waals surface area contributed by atoms with E-state index in [4.69, 9.17) is 4.74 Å². The van der Waals surface area contributed by atoms with Crippen molar-refractivity contribution in [3.63, 3.8) is 0 Å². The highest BCUT2D eigenvalue weighted by molar-refractivity contribution is 5.92. The Morgan fingerprint density at radius 3 is 2.70 bits per heavy atom.